The van der Waals surface area contributed by atoms with Crippen molar-refractivity contribution in [2.24, 2.45) is 45.7 Å². The van der Waals surface area contributed by atoms with Crippen molar-refractivity contribution >= 4 is 70.4 Å². The third-order valence-corrected chi connectivity index (χ3v) is 13.6. The average molecular weight is 1120 g/mol. The Bertz CT molecular complexity index is 2550. The molecule has 3 aromatic rings. The zero-order chi connectivity index (χ0) is 59.7. The fraction of sp³-hybridized carbons (Fsp3) is 0.571. The summed E-state index contributed by atoms with van der Waals surface area (Å²) in [6, 6.07) is 7.74. The standard InChI is InChI=1S/C56H89N15O9/c1-10-34(6)46(53(79)64-38(31-72)28-36-19-12-11-13-20-36)69-48(74)35(7)63-50(76)44(29-37-30-62-40-22-15-14-21-39(37)40)65-51(77)43(27-32(2)3)66-52(78)45(33(4)5)68-49(75)42(23-16-17-25-57)70-71-56(8,9)54(80)67-41(47(58)73)24-18-26-61-55(59)60/h11-15,19-22,30-35,38,41-46,62,70-71H,10,16-18,23-29,57H2,1-9H3,(H2,58,73)(H,63,76)(H,64,79)(H,65,77)(H,66,78)(H,67,80)(H,68,75)(H,69,74)(H4,59,60,61)/t34-,35?,38?,41-,42?,43?,44-,45-,46-/m0/s1. The lowest BCUT2D eigenvalue weighted by molar-refractivity contribution is -0.136. The number of unbranched alkanes of at least 4 members (excludes halogenated alkanes) is 1. The van der Waals surface area contributed by atoms with E-state index >= 15 is 0 Å². The molecule has 80 heavy (non-hydrogen) atoms. The van der Waals surface area contributed by atoms with E-state index in [1.54, 1.807) is 27.0 Å². The van der Waals surface area contributed by atoms with Gasteiger partial charge in [-0.15, -0.1) is 0 Å². The fourth-order valence-electron chi connectivity index (χ4n) is 8.60. The van der Waals surface area contributed by atoms with Gasteiger partial charge in [0, 0.05) is 30.1 Å². The number of nitrogens with zero attached hydrogens (tertiary/aromatic N) is 1. The molecule has 24 heteroatoms. The van der Waals surface area contributed by atoms with Crippen LogP contribution in [0.15, 0.2) is 65.8 Å². The third kappa shape index (κ3) is 22.0. The van der Waals surface area contributed by atoms with Crippen molar-refractivity contribution in [3.05, 3.63) is 71.9 Å². The Labute approximate surface area is 469 Å². The molecule has 18 N–H and O–H groups in total. The highest BCUT2D eigenvalue weighted by Crippen LogP contribution is 2.20. The third-order valence-electron chi connectivity index (χ3n) is 13.6. The molecule has 0 saturated carbocycles. The van der Waals surface area contributed by atoms with Crippen LogP contribution in [0.1, 0.15) is 118 Å². The maximum absolute atomic E-state index is 14.5. The Hall–Kier alpha value is -7.44. The predicted molar refractivity (Wildman–Crippen MR) is 307 cm³/mol. The van der Waals surface area contributed by atoms with Gasteiger partial charge in [0.2, 0.25) is 47.3 Å². The van der Waals surface area contributed by atoms with E-state index in [4.69, 9.17) is 22.9 Å². The summed E-state index contributed by atoms with van der Waals surface area (Å²) in [5.41, 5.74) is 28.9. The van der Waals surface area contributed by atoms with E-state index in [-0.39, 0.29) is 56.4 Å². The molecule has 0 bridgehead atoms. The predicted octanol–water partition coefficient (Wildman–Crippen LogP) is 0.223. The van der Waals surface area contributed by atoms with Crippen molar-refractivity contribution in [1.82, 2.24) is 53.1 Å². The summed E-state index contributed by atoms with van der Waals surface area (Å²) in [7, 11) is 0. The molecule has 442 valence electrons. The second kappa shape index (κ2) is 33.2. The molecular weight excluding hydrogens is 1030 g/mol. The SMILES string of the molecule is CC[C@H](C)[C@H](NC(=O)C(C)NC(=O)[C@H](Cc1c[nH]c2ccccc12)NC(=O)C(CC(C)C)NC(=O)[C@@H](NC(=O)C(CCCCN)NNC(C)(C)C(=O)N[C@@H](CCCN=C(N)N)C(N)=O)C(C)C)C(=O)NC(C=O)Cc1ccccc1. The number of guanidine groups is 1. The number of aldehydes is 1. The molecule has 24 nitrogen and oxygen atoms in total. The number of aromatic amines is 1. The number of carbonyl (C=O) groups excluding carboxylic acids is 9. The molecule has 0 aliphatic rings. The minimum Gasteiger partial charge on any atom is -0.370 e. The second-order valence-corrected chi connectivity index (χ2v) is 21.7. The lowest BCUT2D eigenvalue weighted by atomic mass is 9.97. The fourth-order valence-corrected chi connectivity index (χ4v) is 8.60. The van der Waals surface area contributed by atoms with E-state index in [1.807, 2.05) is 75.4 Å². The lowest BCUT2D eigenvalue weighted by Crippen LogP contribution is -2.64. The molecule has 3 rings (SSSR count). The van der Waals surface area contributed by atoms with Gasteiger partial charge in [-0.25, -0.2) is 10.9 Å². The van der Waals surface area contributed by atoms with E-state index in [9.17, 15) is 43.2 Å². The lowest BCUT2D eigenvalue weighted by Gasteiger charge is -2.31. The van der Waals surface area contributed by atoms with Crippen LogP contribution in [0.3, 0.4) is 0 Å². The molecule has 0 aliphatic heterocycles. The van der Waals surface area contributed by atoms with Gasteiger partial charge >= 0.3 is 0 Å². The van der Waals surface area contributed by atoms with Crippen LogP contribution in [0, 0.1) is 17.8 Å². The van der Waals surface area contributed by atoms with Gasteiger partial charge in [0.25, 0.3) is 0 Å². The molecule has 0 spiro atoms. The summed E-state index contributed by atoms with van der Waals surface area (Å²) >= 11 is 0. The Morgan fingerprint density at radius 3 is 1.86 bits per heavy atom. The molecule has 1 aromatic heterocycles. The highest BCUT2D eigenvalue weighted by atomic mass is 16.2. The zero-order valence-corrected chi connectivity index (χ0v) is 47.9. The van der Waals surface area contributed by atoms with Crippen molar-refractivity contribution in [1.29, 1.82) is 0 Å². The number of nitrogens with two attached hydrogens (primary N) is 4. The molecule has 8 amide bonds. The van der Waals surface area contributed by atoms with Crippen molar-refractivity contribution in [2.75, 3.05) is 13.1 Å². The quantitative estimate of drug-likeness (QED) is 0.0122. The van der Waals surface area contributed by atoms with Crippen molar-refractivity contribution in [3.63, 3.8) is 0 Å². The maximum atomic E-state index is 14.5. The normalized spacial score (nSPS) is 14.9. The number of fused-ring (bicyclic) bond motifs is 1. The zero-order valence-electron chi connectivity index (χ0n) is 47.9. The van der Waals surface area contributed by atoms with E-state index in [0.717, 1.165) is 16.5 Å². The molecule has 2 aromatic carbocycles. The van der Waals surface area contributed by atoms with Crippen LogP contribution >= 0.6 is 0 Å². The van der Waals surface area contributed by atoms with Gasteiger partial charge in [0.15, 0.2) is 5.96 Å². The maximum Gasteiger partial charge on any atom is 0.243 e. The van der Waals surface area contributed by atoms with E-state index in [0.29, 0.717) is 44.1 Å². The first-order chi connectivity index (χ1) is 37.8. The van der Waals surface area contributed by atoms with Gasteiger partial charge < -0.3 is 69.9 Å². The largest absolute Gasteiger partial charge is 0.370 e. The van der Waals surface area contributed by atoms with Gasteiger partial charge in [0.05, 0.1) is 12.1 Å². The smallest absolute Gasteiger partial charge is 0.243 e. The van der Waals surface area contributed by atoms with Crippen LogP contribution in [0.5, 0.6) is 0 Å². The average Bonchev–Trinajstić information content (AvgIpc) is 3.86. The number of benzene rings is 2. The van der Waals surface area contributed by atoms with Crippen LogP contribution in [0.4, 0.5) is 0 Å². The van der Waals surface area contributed by atoms with Gasteiger partial charge in [-0.05, 0) is 101 Å². The number of carbonyl (C=O) groups is 9. The Kier molecular flexibility index (Phi) is 27.8. The summed E-state index contributed by atoms with van der Waals surface area (Å²) in [6.45, 7) is 15.9. The number of aromatic nitrogens is 1. The molecule has 9 atom stereocenters. The molecule has 0 fully saturated rings. The summed E-state index contributed by atoms with van der Waals surface area (Å²) in [5.74, 6) is -6.45. The highest BCUT2D eigenvalue weighted by molar-refractivity contribution is 5.98. The number of nitrogens with one attached hydrogen (secondary N) is 10. The number of primary amides is 1. The van der Waals surface area contributed by atoms with Crippen molar-refractivity contribution < 1.29 is 43.2 Å². The summed E-state index contributed by atoms with van der Waals surface area (Å²) < 4.78 is 0. The van der Waals surface area contributed by atoms with Gasteiger partial charge in [-0.1, -0.05) is 103 Å². The number of hydrazine groups is 1. The van der Waals surface area contributed by atoms with Crippen LogP contribution in [0.2, 0.25) is 0 Å². The van der Waals surface area contributed by atoms with Gasteiger partial charge in [-0.3, -0.25) is 43.3 Å². The Balaban J connectivity index is 1.84. The Morgan fingerprint density at radius 1 is 0.650 bits per heavy atom. The second-order valence-electron chi connectivity index (χ2n) is 21.7. The van der Waals surface area contributed by atoms with Gasteiger partial charge in [0.1, 0.15) is 48.1 Å². The minimum absolute atomic E-state index is 0.0349. The van der Waals surface area contributed by atoms with E-state index in [1.165, 1.54) is 20.8 Å². The Morgan fingerprint density at radius 2 is 1.25 bits per heavy atom. The van der Waals surface area contributed by atoms with E-state index < -0.39 is 107 Å². The first kappa shape index (κ1) is 66.8. The molecule has 0 radical (unpaired) electrons. The molecule has 4 unspecified atom stereocenters. The molecule has 0 saturated heterocycles. The van der Waals surface area contributed by atoms with Gasteiger partial charge in [-0.2, -0.15) is 0 Å². The molecular formula is C56H89N15O9. The number of para-hydroxylation sites is 1. The van der Waals surface area contributed by atoms with Crippen LogP contribution in [-0.2, 0) is 56.0 Å². The van der Waals surface area contributed by atoms with E-state index in [2.05, 4.69) is 58.0 Å². The summed E-state index contributed by atoms with van der Waals surface area (Å²) in [5, 5.41) is 20.2. The van der Waals surface area contributed by atoms with Crippen molar-refractivity contribution in [2.45, 2.75) is 174 Å². The number of aliphatic imine (C=N–C) groups is 1. The van der Waals surface area contributed by atoms with Crippen LogP contribution < -0.4 is 71.0 Å². The van der Waals surface area contributed by atoms with Crippen molar-refractivity contribution in [3.8, 4) is 0 Å². The monoisotopic (exact) mass is 1120 g/mol. The molecule has 1 heterocycles. The van der Waals surface area contributed by atoms with Crippen LogP contribution in [0.25, 0.3) is 10.9 Å². The first-order valence-electron chi connectivity index (χ1n) is 27.6. The topological polar surface area (TPSA) is 394 Å². The number of amides is 8. The number of hydrogen-bond acceptors (Lipinski definition) is 13. The summed E-state index contributed by atoms with van der Waals surface area (Å²) in [4.78, 5) is 130. The molecule has 0 aliphatic carbocycles. The number of H-pyrrole nitrogens is 1. The summed E-state index contributed by atoms with van der Waals surface area (Å²) in [6.07, 6.45) is 5.02. The van der Waals surface area contributed by atoms with Crippen LogP contribution in [-0.4, -0.2) is 131 Å². The highest BCUT2D eigenvalue weighted by Gasteiger charge is 2.37. The number of rotatable bonds is 36. The first-order valence-corrected chi connectivity index (χ1v) is 27.6. The minimum atomic E-state index is -1.40. The number of hydrogen-bond donors (Lipinski definition) is 14.